The second-order valence-corrected chi connectivity index (χ2v) is 3.04. The standard InChI is InChI=1S/C8H9BrO/c1-2-6-3-4-7(9)5-8(6)10/h3-5,10H,2H2,1H3. The van der Waals surface area contributed by atoms with Gasteiger partial charge in [0.05, 0.1) is 0 Å². The van der Waals surface area contributed by atoms with Crippen molar-refractivity contribution in [2.75, 3.05) is 0 Å². The van der Waals surface area contributed by atoms with Crippen LogP contribution in [-0.4, -0.2) is 5.11 Å². The van der Waals surface area contributed by atoms with Crippen molar-refractivity contribution < 1.29 is 5.11 Å². The van der Waals surface area contributed by atoms with Gasteiger partial charge in [0.15, 0.2) is 0 Å². The van der Waals surface area contributed by atoms with Gasteiger partial charge in [-0.3, -0.25) is 0 Å². The Labute approximate surface area is 68.8 Å². The average Bonchev–Trinajstić information content (AvgIpc) is 1.88. The van der Waals surface area contributed by atoms with Crippen molar-refractivity contribution in [1.29, 1.82) is 0 Å². The van der Waals surface area contributed by atoms with Crippen LogP contribution in [-0.2, 0) is 6.42 Å². The molecule has 1 aromatic rings. The third kappa shape index (κ3) is 1.51. The third-order valence-corrected chi connectivity index (χ3v) is 1.92. The Morgan fingerprint density at radius 1 is 1.50 bits per heavy atom. The summed E-state index contributed by atoms with van der Waals surface area (Å²) in [6, 6.07) is 5.55. The van der Waals surface area contributed by atoms with E-state index in [1.165, 1.54) is 0 Å². The van der Waals surface area contributed by atoms with Crippen molar-refractivity contribution in [2.45, 2.75) is 13.3 Å². The summed E-state index contributed by atoms with van der Waals surface area (Å²) in [5, 5.41) is 9.26. The minimum Gasteiger partial charge on any atom is -0.508 e. The van der Waals surface area contributed by atoms with Gasteiger partial charge in [-0.2, -0.15) is 0 Å². The van der Waals surface area contributed by atoms with Crippen LogP contribution in [0.2, 0.25) is 0 Å². The number of phenolic OH excluding ortho intramolecular Hbond substituents is 1. The Balaban J connectivity index is 3.07. The third-order valence-electron chi connectivity index (χ3n) is 1.43. The Bertz CT molecular complexity index is 233. The minimum absolute atomic E-state index is 0.372. The first-order valence-corrected chi connectivity index (χ1v) is 4.00. The van der Waals surface area contributed by atoms with E-state index in [0.29, 0.717) is 5.75 Å². The fourth-order valence-electron chi connectivity index (χ4n) is 0.836. The molecule has 0 unspecified atom stereocenters. The zero-order valence-electron chi connectivity index (χ0n) is 5.76. The zero-order valence-corrected chi connectivity index (χ0v) is 7.35. The molecular weight excluding hydrogens is 192 g/mol. The van der Waals surface area contributed by atoms with Crippen LogP contribution in [0, 0.1) is 0 Å². The molecule has 0 saturated heterocycles. The monoisotopic (exact) mass is 200 g/mol. The first-order chi connectivity index (χ1) is 4.74. The molecule has 0 radical (unpaired) electrons. The van der Waals surface area contributed by atoms with Crippen LogP contribution in [0.3, 0.4) is 0 Å². The van der Waals surface area contributed by atoms with E-state index in [4.69, 9.17) is 0 Å². The summed E-state index contributed by atoms with van der Waals surface area (Å²) in [7, 11) is 0. The molecule has 1 N–H and O–H groups in total. The lowest BCUT2D eigenvalue weighted by molar-refractivity contribution is 0.468. The summed E-state index contributed by atoms with van der Waals surface area (Å²) in [6.45, 7) is 2.02. The molecule has 0 saturated carbocycles. The molecule has 1 rings (SSSR count). The van der Waals surface area contributed by atoms with Gasteiger partial charge in [0.2, 0.25) is 0 Å². The average molecular weight is 201 g/mol. The van der Waals surface area contributed by atoms with Gasteiger partial charge >= 0.3 is 0 Å². The second kappa shape index (κ2) is 3.06. The van der Waals surface area contributed by atoms with Crippen molar-refractivity contribution >= 4 is 15.9 Å². The van der Waals surface area contributed by atoms with Crippen LogP contribution in [0.4, 0.5) is 0 Å². The van der Waals surface area contributed by atoms with Crippen molar-refractivity contribution in [3.63, 3.8) is 0 Å². The molecule has 0 amide bonds. The Hall–Kier alpha value is -0.500. The van der Waals surface area contributed by atoms with E-state index in [2.05, 4.69) is 15.9 Å². The van der Waals surface area contributed by atoms with Crippen LogP contribution >= 0.6 is 15.9 Å². The summed E-state index contributed by atoms with van der Waals surface area (Å²) < 4.78 is 0.919. The van der Waals surface area contributed by atoms with E-state index in [1.54, 1.807) is 6.07 Å². The van der Waals surface area contributed by atoms with Crippen LogP contribution in [0.25, 0.3) is 0 Å². The van der Waals surface area contributed by atoms with Crippen LogP contribution in [0.1, 0.15) is 12.5 Å². The summed E-state index contributed by atoms with van der Waals surface area (Å²) in [5.74, 6) is 0.372. The molecule has 0 aliphatic rings. The number of phenols is 1. The fraction of sp³-hybridized carbons (Fsp3) is 0.250. The van der Waals surface area contributed by atoms with E-state index in [-0.39, 0.29) is 0 Å². The smallest absolute Gasteiger partial charge is 0.119 e. The first kappa shape index (κ1) is 7.61. The van der Waals surface area contributed by atoms with Gasteiger partial charge in [-0.25, -0.2) is 0 Å². The van der Waals surface area contributed by atoms with Crippen molar-refractivity contribution in [3.05, 3.63) is 28.2 Å². The van der Waals surface area contributed by atoms with Gasteiger partial charge in [-0.1, -0.05) is 28.9 Å². The molecule has 0 aliphatic carbocycles. The number of rotatable bonds is 1. The Morgan fingerprint density at radius 2 is 2.20 bits per heavy atom. The van der Waals surface area contributed by atoms with E-state index >= 15 is 0 Å². The highest BCUT2D eigenvalue weighted by atomic mass is 79.9. The molecule has 0 bridgehead atoms. The van der Waals surface area contributed by atoms with Gasteiger partial charge in [-0.05, 0) is 24.1 Å². The topological polar surface area (TPSA) is 20.2 Å². The predicted octanol–water partition coefficient (Wildman–Crippen LogP) is 2.72. The number of benzene rings is 1. The highest BCUT2D eigenvalue weighted by Gasteiger charge is 1.96. The molecule has 0 fully saturated rings. The van der Waals surface area contributed by atoms with E-state index in [1.807, 2.05) is 19.1 Å². The molecule has 1 nitrogen and oxygen atoms in total. The lowest BCUT2D eigenvalue weighted by Crippen LogP contribution is -1.79. The minimum atomic E-state index is 0.372. The normalized spacial score (nSPS) is 9.80. The zero-order chi connectivity index (χ0) is 7.56. The highest BCUT2D eigenvalue weighted by Crippen LogP contribution is 2.22. The number of hydrogen-bond donors (Lipinski definition) is 1. The van der Waals surface area contributed by atoms with Crippen molar-refractivity contribution in [3.8, 4) is 5.75 Å². The maximum atomic E-state index is 9.26. The molecule has 54 valence electrons. The van der Waals surface area contributed by atoms with Crippen LogP contribution in [0.5, 0.6) is 5.75 Å². The van der Waals surface area contributed by atoms with E-state index in [9.17, 15) is 5.11 Å². The molecule has 10 heavy (non-hydrogen) atoms. The van der Waals surface area contributed by atoms with Gasteiger partial charge in [0.1, 0.15) is 5.75 Å². The van der Waals surface area contributed by atoms with Crippen LogP contribution < -0.4 is 0 Å². The largest absolute Gasteiger partial charge is 0.508 e. The molecule has 0 aliphatic heterocycles. The SMILES string of the molecule is CCc1ccc(Br)cc1O. The number of halogens is 1. The van der Waals surface area contributed by atoms with Crippen molar-refractivity contribution in [1.82, 2.24) is 0 Å². The van der Waals surface area contributed by atoms with Gasteiger partial charge in [0.25, 0.3) is 0 Å². The molecule has 0 heterocycles. The number of aromatic hydroxyl groups is 1. The molecule has 2 heteroatoms. The van der Waals surface area contributed by atoms with Crippen molar-refractivity contribution in [2.24, 2.45) is 0 Å². The summed E-state index contributed by atoms with van der Waals surface area (Å²) >= 11 is 3.27. The lowest BCUT2D eigenvalue weighted by Gasteiger charge is -1.99. The maximum absolute atomic E-state index is 9.26. The summed E-state index contributed by atoms with van der Waals surface area (Å²) in [6.07, 6.45) is 0.874. The second-order valence-electron chi connectivity index (χ2n) is 2.13. The molecule has 0 aromatic heterocycles. The fourth-order valence-corrected chi connectivity index (χ4v) is 1.18. The molecule has 1 aromatic carbocycles. The van der Waals surface area contributed by atoms with E-state index < -0.39 is 0 Å². The Kier molecular flexibility index (Phi) is 2.33. The van der Waals surface area contributed by atoms with Gasteiger partial charge in [-0.15, -0.1) is 0 Å². The lowest BCUT2D eigenvalue weighted by atomic mass is 10.1. The summed E-state index contributed by atoms with van der Waals surface area (Å²) in [4.78, 5) is 0. The molecule has 0 spiro atoms. The van der Waals surface area contributed by atoms with Crippen LogP contribution in [0.15, 0.2) is 22.7 Å². The molecular formula is C8H9BrO. The maximum Gasteiger partial charge on any atom is 0.119 e. The summed E-state index contributed by atoms with van der Waals surface area (Å²) in [5.41, 5.74) is 0.989. The van der Waals surface area contributed by atoms with Gasteiger partial charge in [0, 0.05) is 4.47 Å². The first-order valence-electron chi connectivity index (χ1n) is 3.21. The Morgan fingerprint density at radius 3 is 2.70 bits per heavy atom. The predicted molar refractivity (Wildman–Crippen MR) is 45.2 cm³/mol. The number of hydrogen-bond acceptors (Lipinski definition) is 1. The van der Waals surface area contributed by atoms with Gasteiger partial charge < -0.3 is 5.11 Å². The highest BCUT2D eigenvalue weighted by molar-refractivity contribution is 9.10. The molecule has 0 atom stereocenters. The number of aryl methyl sites for hydroxylation is 1. The van der Waals surface area contributed by atoms with E-state index in [0.717, 1.165) is 16.5 Å². The quantitative estimate of drug-likeness (QED) is 0.740.